The smallest absolute Gasteiger partial charge is 0.310 e. The number of ether oxygens (including phenoxy) is 1. The molecule has 7 heteroatoms. The van der Waals surface area contributed by atoms with Gasteiger partial charge in [0.2, 0.25) is 0 Å². The van der Waals surface area contributed by atoms with Crippen LogP contribution in [0.5, 0.6) is 0 Å². The van der Waals surface area contributed by atoms with Crippen molar-refractivity contribution in [2.45, 2.75) is 12.8 Å². The van der Waals surface area contributed by atoms with E-state index in [4.69, 9.17) is 0 Å². The second kappa shape index (κ2) is 5.85. The SMILES string of the molecule is COC(=O)Cc1cc(C(F)F)c(I)nc1Br. The Bertz CT molecular complexity index is 415. The number of aromatic nitrogens is 1. The zero-order valence-corrected chi connectivity index (χ0v) is 11.9. The number of nitrogens with zero attached hydrogens (tertiary/aromatic N) is 1. The van der Waals surface area contributed by atoms with E-state index in [-0.39, 0.29) is 15.7 Å². The second-order valence-electron chi connectivity index (χ2n) is 2.87. The van der Waals surface area contributed by atoms with Crippen LogP contribution in [0.25, 0.3) is 0 Å². The Morgan fingerprint density at radius 3 is 2.81 bits per heavy atom. The number of hydrogen-bond donors (Lipinski definition) is 0. The highest BCUT2D eigenvalue weighted by Crippen LogP contribution is 2.27. The average Bonchev–Trinajstić information content (AvgIpc) is 2.21. The summed E-state index contributed by atoms with van der Waals surface area (Å²) in [5.41, 5.74) is 0.213. The first kappa shape index (κ1) is 13.8. The van der Waals surface area contributed by atoms with Crippen LogP contribution in [0.4, 0.5) is 8.78 Å². The van der Waals surface area contributed by atoms with E-state index in [1.54, 1.807) is 22.6 Å². The maximum atomic E-state index is 12.6. The van der Waals surface area contributed by atoms with Gasteiger partial charge in [0.1, 0.15) is 8.30 Å². The molecule has 0 atom stereocenters. The summed E-state index contributed by atoms with van der Waals surface area (Å²) in [6.07, 6.45) is -2.69. The molecule has 0 fully saturated rings. The first-order valence-corrected chi connectivity index (χ1v) is 6.02. The highest BCUT2D eigenvalue weighted by atomic mass is 127. The van der Waals surface area contributed by atoms with Gasteiger partial charge < -0.3 is 4.74 Å². The lowest BCUT2D eigenvalue weighted by molar-refractivity contribution is -0.139. The van der Waals surface area contributed by atoms with Gasteiger partial charge in [-0.3, -0.25) is 4.79 Å². The Kier molecular flexibility index (Phi) is 5.03. The first-order valence-electron chi connectivity index (χ1n) is 4.15. The lowest BCUT2D eigenvalue weighted by Gasteiger charge is -2.08. The van der Waals surface area contributed by atoms with Gasteiger partial charge in [-0.05, 0) is 50.2 Å². The summed E-state index contributed by atoms with van der Waals surface area (Å²) in [6.45, 7) is 0. The predicted molar refractivity (Wildman–Crippen MR) is 65.3 cm³/mol. The van der Waals surface area contributed by atoms with Crippen LogP contribution in [-0.4, -0.2) is 18.1 Å². The van der Waals surface area contributed by atoms with E-state index in [2.05, 4.69) is 25.7 Å². The normalized spacial score (nSPS) is 10.6. The van der Waals surface area contributed by atoms with Crippen LogP contribution in [-0.2, 0) is 16.0 Å². The fraction of sp³-hybridized carbons (Fsp3) is 0.333. The van der Waals surface area contributed by atoms with Gasteiger partial charge in [0.25, 0.3) is 6.43 Å². The van der Waals surface area contributed by atoms with Gasteiger partial charge in [-0.1, -0.05) is 0 Å². The standard InChI is InChI=1S/C9H7BrF2INO2/c1-16-6(15)3-4-2-5(8(11)12)9(13)14-7(4)10/h2,8H,3H2,1H3. The molecule has 88 valence electrons. The summed E-state index contributed by atoms with van der Waals surface area (Å²) in [5.74, 6) is -0.496. The number of pyridine rings is 1. The molecule has 1 heterocycles. The van der Waals surface area contributed by atoms with Gasteiger partial charge in [0.15, 0.2) is 0 Å². The maximum absolute atomic E-state index is 12.6. The molecule has 0 radical (unpaired) electrons. The number of alkyl halides is 2. The van der Waals surface area contributed by atoms with Crippen molar-refractivity contribution < 1.29 is 18.3 Å². The quantitative estimate of drug-likeness (QED) is 0.440. The molecular formula is C9H7BrF2INO2. The summed E-state index contributed by atoms with van der Waals surface area (Å²) in [7, 11) is 1.24. The molecule has 0 spiro atoms. The van der Waals surface area contributed by atoms with Crippen LogP contribution >= 0.6 is 38.5 Å². The molecule has 1 rings (SSSR count). The van der Waals surface area contributed by atoms with E-state index < -0.39 is 12.4 Å². The van der Waals surface area contributed by atoms with Crippen LogP contribution < -0.4 is 0 Å². The zero-order valence-electron chi connectivity index (χ0n) is 8.14. The van der Waals surface area contributed by atoms with E-state index in [9.17, 15) is 13.6 Å². The fourth-order valence-electron chi connectivity index (χ4n) is 1.03. The van der Waals surface area contributed by atoms with Gasteiger partial charge in [-0.25, -0.2) is 13.8 Å². The largest absolute Gasteiger partial charge is 0.469 e. The number of esters is 1. The van der Waals surface area contributed by atoms with Crippen molar-refractivity contribution in [2.75, 3.05) is 7.11 Å². The van der Waals surface area contributed by atoms with Gasteiger partial charge >= 0.3 is 5.97 Å². The molecule has 0 N–H and O–H groups in total. The van der Waals surface area contributed by atoms with Crippen molar-refractivity contribution >= 4 is 44.5 Å². The molecule has 0 saturated carbocycles. The van der Waals surface area contributed by atoms with Crippen LogP contribution in [0.15, 0.2) is 10.7 Å². The molecule has 0 aromatic carbocycles. The molecule has 1 aromatic heterocycles. The molecule has 0 amide bonds. The van der Waals surface area contributed by atoms with Crippen LogP contribution in [0.1, 0.15) is 17.6 Å². The van der Waals surface area contributed by atoms with Crippen molar-refractivity contribution in [2.24, 2.45) is 0 Å². The van der Waals surface area contributed by atoms with Crippen molar-refractivity contribution in [3.8, 4) is 0 Å². The van der Waals surface area contributed by atoms with Gasteiger partial charge in [0, 0.05) is 0 Å². The maximum Gasteiger partial charge on any atom is 0.310 e. The highest BCUT2D eigenvalue weighted by Gasteiger charge is 2.17. The summed E-state index contributed by atoms with van der Waals surface area (Å²) in [6, 6.07) is 1.26. The van der Waals surface area contributed by atoms with Crippen LogP contribution in [0.3, 0.4) is 0 Å². The van der Waals surface area contributed by atoms with E-state index in [0.29, 0.717) is 10.2 Å². The molecule has 0 aliphatic carbocycles. The fourth-order valence-corrected chi connectivity index (χ4v) is 2.43. The zero-order chi connectivity index (χ0) is 12.3. The molecule has 0 unspecified atom stereocenters. The number of carbonyl (C=O) groups excluding carboxylic acids is 1. The molecule has 0 aliphatic rings. The Hall–Kier alpha value is -0.310. The monoisotopic (exact) mass is 405 g/mol. The lowest BCUT2D eigenvalue weighted by atomic mass is 10.1. The van der Waals surface area contributed by atoms with Gasteiger partial charge in [-0.2, -0.15) is 0 Å². The Labute approximate surface area is 113 Å². The second-order valence-corrected chi connectivity index (χ2v) is 4.64. The minimum absolute atomic E-state index is 0.0826. The van der Waals surface area contributed by atoms with Gasteiger partial charge in [-0.15, -0.1) is 0 Å². The van der Waals surface area contributed by atoms with E-state index >= 15 is 0 Å². The minimum atomic E-state index is -2.61. The summed E-state index contributed by atoms with van der Waals surface area (Å²) in [5, 5.41) is 0. The number of halogens is 4. The summed E-state index contributed by atoms with van der Waals surface area (Å²) < 4.78 is 30.2. The summed E-state index contributed by atoms with van der Waals surface area (Å²) >= 11 is 4.84. The van der Waals surface area contributed by atoms with Crippen LogP contribution in [0, 0.1) is 3.70 Å². The molecule has 16 heavy (non-hydrogen) atoms. The molecule has 1 aromatic rings. The minimum Gasteiger partial charge on any atom is -0.469 e. The lowest BCUT2D eigenvalue weighted by Crippen LogP contribution is -2.07. The Balaban J connectivity index is 3.09. The molecule has 0 aliphatic heterocycles. The van der Waals surface area contributed by atoms with Crippen molar-refractivity contribution in [3.63, 3.8) is 0 Å². The Morgan fingerprint density at radius 2 is 2.31 bits per heavy atom. The van der Waals surface area contributed by atoms with Gasteiger partial charge in [0.05, 0.1) is 19.1 Å². The molecule has 0 saturated heterocycles. The third kappa shape index (κ3) is 3.34. The van der Waals surface area contributed by atoms with E-state index in [0.717, 1.165) is 0 Å². The van der Waals surface area contributed by atoms with E-state index in [1.807, 2.05) is 0 Å². The first-order chi connectivity index (χ1) is 7.45. The van der Waals surface area contributed by atoms with E-state index in [1.165, 1.54) is 13.2 Å². The number of methoxy groups -OCH3 is 1. The van der Waals surface area contributed by atoms with Crippen LogP contribution in [0.2, 0.25) is 0 Å². The highest BCUT2D eigenvalue weighted by molar-refractivity contribution is 14.1. The topological polar surface area (TPSA) is 39.2 Å². The van der Waals surface area contributed by atoms with Crippen molar-refractivity contribution in [1.82, 2.24) is 4.98 Å². The third-order valence-corrected chi connectivity index (χ3v) is 3.38. The molecular weight excluding hydrogens is 399 g/mol. The third-order valence-electron chi connectivity index (χ3n) is 1.83. The Morgan fingerprint density at radius 1 is 1.69 bits per heavy atom. The predicted octanol–water partition coefficient (Wildman–Crippen LogP) is 3.10. The number of carbonyl (C=O) groups is 1. The summed E-state index contributed by atoms with van der Waals surface area (Å²) in [4.78, 5) is 14.9. The average molecular weight is 406 g/mol. The number of hydrogen-bond acceptors (Lipinski definition) is 3. The van der Waals surface area contributed by atoms with Crippen molar-refractivity contribution in [1.29, 1.82) is 0 Å². The number of rotatable bonds is 3. The van der Waals surface area contributed by atoms with Crippen molar-refractivity contribution in [3.05, 3.63) is 25.5 Å². The molecule has 0 bridgehead atoms. The molecule has 3 nitrogen and oxygen atoms in total.